The topological polar surface area (TPSA) is 55.1 Å². The SMILES string of the molecule is CCC(CC(N)=S)NC(=O)c1cccc(Br)c1. The number of halogens is 1. The molecule has 0 spiro atoms. The lowest BCUT2D eigenvalue weighted by atomic mass is 10.1. The Morgan fingerprint density at radius 1 is 1.59 bits per heavy atom. The van der Waals surface area contributed by atoms with Gasteiger partial charge in [0.25, 0.3) is 5.91 Å². The number of nitrogens with one attached hydrogen (secondary N) is 1. The van der Waals surface area contributed by atoms with Crippen LogP contribution in [0.4, 0.5) is 0 Å². The molecule has 0 aromatic heterocycles. The summed E-state index contributed by atoms with van der Waals surface area (Å²) >= 11 is 8.18. The molecule has 0 bridgehead atoms. The monoisotopic (exact) mass is 314 g/mol. The molecule has 0 aliphatic rings. The van der Waals surface area contributed by atoms with Gasteiger partial charge < -0.3 is 11.1 Å². The molecule has 0 aliphatic heterocycles. The van der Waals surface area contributed by atoms with Gasteiger partial charge in [-0.05, 0) is 24.6 Å². The fourth-order valence-corrected chi connectivity index (χ4v) is 2.04. The summed E-state index contributed by atoms with van der Waals surface area (Å²) < 4.78 is 0.882. The summed E-state index contributed by atoms with van der Waals surface area (Å²) in [7, 11) is 0. The maximum Gasteiger partial charge on any atom is 0.251 e. The Labute approximate surface area is 115 Å². The fourth-order valence-electron chi connectivity index (χ4n) is 1.44. The van der Waals surface area contributed by atoms with Gasteiger partial charge in [0.2, 0.25) is 0 Å². The largest absolute Gasteiger partial charge is 0.393 e. The Morgan fingerprint density at radius 2 is 2.29 bits per heavy atom. The normalized spacial score (nSPS) is 11.9. The van der Waals surface area contributed by atoms with Crippen molar-refractivity contribution < 1.29 is 4.79 Å². The minimum atomic E-state index is -0.102. The highest BCUT2D eigenvalue weighted by Crippen LogP contribution is 2.12. The molecule has 3 N–H and O–H groups in total. The first kappa shape index (κ1) is 14.1. The predicted octanol–water partition coefficient (Wildman–Crippen LogP) is 2.63. The lowest BCUT2D eigenvalue weighted by molar-refractivity contribution is 0.0937. The van der Waals surface area contributed by atoms with E-state index in [1.54, 1.807) is 12.1 Å². The van der Waals surface area contributed by atoms with E-state index < -0.39 is 0 Å². The van der Waals surface area contributed by atoms with E-state index in [0.29, 0.717) is 17.0 Å². The molecule has 0 saturated carbocycles. The van der Waals surface area contributed by atoms with Crippen molar-refractivity contribution in [3.05, 3.63) is 34.3 Å². The van der Waals surface area contributed by atoms with Crippen LogP contribution in [-0.2, 0) is 0 Å². The molecule has 0 saturated heterocycles. The van der Waals surface area contributed by atoms with Crippen LogP contribution in [0.15, 0.2) is 28.7 Å². The van der Waals surface area contributed by atoms with Gasteiger partial charge in [0, 0.05) is 22.5 Å². The third-order valence-corrected chi connectivity index (χ3v) is 3.02. The van der Waals surface area contributed by atoms with Gasteiger partial charge in [0.15, 0.2) is 0 Å². The molecule has 3 nitrogen and oxygen atoms in total. The highest BCUT2D eigenvalue weighted by atomic mass is 79.9. The van der Waals surface area contributed by atoms with E-state index in [0.717, 1.165) is 10.9 Å². The van der Waals surface area contributed by atoms with Gasteiger partial charge in [0.05, 0.1) is 4.99 Å². The summed E-state index contributed by atoms with van der Waals surface area (Å²) in [5.41, 5.74) is 6.11. The number of benzene rings is 1. The molecular formula is C12H15BrN2OS. The third kappa shape index (κ3) is 4.83. The van der Waals surface area contributed by atoms with Crippen LogP contribution in [0.5, 0.6) is 0 Å². The van der Waals surface area contributed by atoms with Crippen LogP contribution in [0.2, 0.25) is 0 Å². The zero-order valence-electron chi connectivity index (χ0n) is 9.57. The number of thiocarbonyl (C=S) groups is 1. The van der Waals surface area contributed by atoms with Crippen molar-refractivity contribution in [3.63, 3.8) is 0 Å². The van der Waals surface area contributed by atoms with Gasteiger partial charge in [-0.3, -0.25) is 4.79 Å². The summed E-state index contributed by atoms with van der Waals surface area (Å²) in [6.45, 7) is 1.99. The van der Waals surface area contributed by atoms with Crippen molar-refractivity contribution in [1.29, 1.82) is 0 Å². The molecule has 1 rings (SSSR count). The first-order valence-electron chi connectivity index (χ1n) is 5.37. The molecule has 1 amide bonds. The molecule has 1 unspecified atom stereocenters. The van der Waals surface area contributed by atoms with Crippen LogP contribution in [0, 0.1) is 0 Å². The number of carbonyl (C=O) groups excluding carboxylic acids is 1. The second kappa shape index (κ2) is 6.71. The van der Waals surface area contributed by atoms with Crippen LogP contribution in [0.3, 0.4) is 0 Å². The van der Waals surface area contributed by atoms with Crippen molar-refractivity contribution in [2.75, 3.05) is 0 Å². The van der Waals surface area contributed by atoms with E-state index in [1.807, 2.05) is 19.1 Å². The first-order chi connectivity index (χ1) is 8.02. The molecule has 17 heavy (non-hydrogen) atoms. The number of hydrogen-bond acceptors (Lipinski definition) is 2. The van der Waals surface area contributed by atoms with Crippen molar-refractivity contribution in [1.82, 2.24) is 5.32 Å². The van der Waals surface area contributed by atoms with Gasteiger partial charge in [-0.1, -0.05) is 41.1 Å². The lowest BCUT2D eigenvalue weighted by Crippen LogP contribution is -2.37. The molecule has 1 atom stereocenters. The molecule has 1 aromatic carbocycles. The number of carbonyl (C=O) groups is 1. The van der Waals surface area contributed by atoms with Gasteiger partial charge >= 0.3 is 0 Å². The molecule has 0 heterocycles. The highest BCUT2D eigenvalue weighted by Gasteiger charge is 2.13. The van der Waals surface area contributed by atoms with Crippen molar-refractivity contribution in [2.45, 2.75) is 25.8 Å². The van der Waals surface area contributed by atoms with Crippen molar-refractivity contribution >= 4 is 39.0 Å². The quantitative estimate of drug-likeness (QED) is 0.821. The number of rotatable bonds is 5. The smallest absolute Gasteiger partial charge is 0.251 e. The third-order valence-electron chi connectivity index (χ3n) is 2.36. The minimum absolute atomic E-state index is 0.000943. The van der Waals surface area contributed by atoms with E-state index >= 15 is 0 Å². The minimum Gasteiger partial charge on any atom is -0.393 e. The fraction of sp³-hybridized carbons (Fsp3) is 0.333. The van der Waals surface area contributed by atoms with Crippen molar-refractivity contribution in [3.8, 4) is 0 Å². The predicted molar refractivity (Wildman–Crippen MR) is 77.1 cm³/mol. The standard InChI is InChI=1S/C12H15BrN2OS/c1-2-10(7-11(14)17)15-12(16)8-4-3-5-9(13)6-8/h3-6,10H,2,7H2,1H3,(H2,14,17)(H,15,16). The van der Waals surface area contributed by atoms with Crippen LogP contribution >= 0.6 is 28.1 Å². The zero-order chi connectivity index (χ0) is 12.8. The maximum atomic E-state index is 11.9. The second-order valence-electron chi connectivity index (χ2n) is 3.76. The Kier molecular flexibility index (Phi) is 5.58. The molecule has 0 radical (unpaired) electrons. The maximum absolute atomic E-state index is 11.9. The molecule has 0 aliphatic carbocycles. The number of nitrogens with two attached hydrogens (primary N) is 1. The number of hydrogen-bond donors (Lipinski definition) is 2. The molecule has 1 aromatic rings. The summed E-state index contributed by atoms with van der Waals surface area (Å²) in [5.74, 6) is -0.102. The van der Waals surface area contributed by atoms with E-state index in [1.165, 1.54) is 0 Å². The second-order valence-corrected chi connectivity index (χ2v) is 5.20. The lowest BCUT2D eigenvalue weighted by Gasteiger charge is -2.16. The van der Waals surface area contributed by atoms with E-state index in [2.05, 4.69) is 21.2 Å². The van der Waals surface area contributed by atoms with Crippen LogP contribution in [-0.4, -0.2) is 16.9 Å². The Hall–Kier alpha value is -0.940. The van der Waals surface area contributed by atoms with Crippen molar-refractivity contribution in [2.24, 2.45) is 5.73 Å². The van der Waals surface area contributed by atoms with Gasteiger partial charge in [-0.15, -0.1) is 0 Å². The average molecular weight is 315 g/mol. The van der Waals surface area contributed by atoms with Crippen LogP contribution in [0.1, 0.15) is 30.1 Å². The Balaban J connectivity index is 2.67. The van der Waals surface area contributed by atoms with Gasteiger partial charge in [-0.25, -0.2) is 0 Å². The Morgan fingerprint density at radius 3 is 2.82 bits per heavy atom. The molecule has 0 fully saturated rings. The van der Waals surface area contributed by atoms with Gasteiger partial charge in [-0.2, -0.15) is 0 Å². The summed E-state index contributed by atoms with van der Waals surface area (Å²) in [5, 5.41) is 2.91. The van der Waals surface area contributed by atoms with E-state index in [4.69, 9.17) is 18.0 Å². The molecule has 5 heteroatoms. The van der Waals surface area contributed by atoms with Crippen LogP contribution < -0.4 is 11.1 Å². The molecule has 92 valence electrons. The summed E-state index contributed by atoms with van der Waals surface area (Å²) in [4.78, 5) is 12.4. The zero-order valence-corrected chi connectivity index (χ0v) is 12.0. The van der Waals surface area contributed by atoms with E-state index in [9.17, 15) is 4.79 Å². The highest BCUT2D eigenvalue weighted by molar-refractivity contribution is 9.10. The van der Waals surface area contributed by atoms with Crippen LogP contribution in [0.25, 0.3) is 0 Å². The number of amides is 1. The average Bonchev–Trinajstić information content (AvgIpc) is 2.27. The van der Waals surface area contributed by atoms with Gasteiger partial charge in [0.1, 0.15) is 0 Å². The van der Waals surface area contributed by atoms with E-state index in [-0.39, 0.29) is 11.9 Å². The Bertz CT molecular complexity index is 423. The summed E-state index contributed by atoms with van der Waals surface area (Å²) in [6.07, 6.45) is 1.34. The summed E-state index contributed by atoms with van der Waals surface area (Å²) in [6, 6.07) is 7.26. The first-order valence-corrected chi connectivity index (χ1v) is 6.57. The molecular weight excluding hydrogens is 300 g/mol.